The lowest BCUT2D eigenvalue weighted by molar-refractivity contribution is -0.139. The van der Waals surface area contributed by atoms with Gasteiger partial charge in [0.1, 0.15) is 11.8 Å². The smallest absolute Gasteiger partial charge is 0.321 e. The normalized spacial score (nSPS) is 12.5. The summed E-state index contributed by atoms with van der Waals surface area (Å²) in [4.78, 5) is 15.0. The minimum absolute atomic E-state index is 0.255. The van der Waals surface area contributed by atoms with Crippen LogP contribution in [0.15, 0.2) is 23.1 Å². The summed E-state index contributed by atoms with van der Waals surface area (Å²) in [6, 6.07) is 0.911. The molecule has 0 spiro atoms. The molecule has 19 heavy (non-hydrogen) atoms. The van der Waals surface area contributed by atoms with Crippen molar-refractivity contribution in [3.8, 4) is 0 Å². The number of hydrogen-bond donors (Lipinski definition) is 2. The van der Waals surface area contributed by atoms with E-state index in [0.717, 1.165) is 0 Å². The molecule has 0 aliphatic heterocycles. The van der Waals surface area contributed by atoms with Gasteiger partial charge in [-0.25, -0.2) is 4.98 Å². The van der Waals surface area contributed by atoms with Crippen molar-refractivity contribution in [3.05, 3.63) is 38.7 Å². The molecule has 0 aliphatic carbocycles. The van der Waals surface area contributed by atoms with Gasteiger partial charge in [-0.2, -0.15) is 0 Å². The van der Waals surface area contributed by atoms with Gasteiger partial charge in [-0.1, -0.05) is 23.2 Å². The van der Waals surface area contributed by atoms with E-state index in [2.05, 4.69) is 10.3 Å². The van der Waals surface area contributed by atoms with E-state index in [-0.39, 0.29) is 13.0 Å². The highest BCUT2D eigenvalue weighted by Gasteiger charge is 2.20. The molecule has 0 radical (unpaired) electrons. The van der Waals surface area contributed by atoms with Crippen LogP contribution in [0.25, 0.3) is 0 Å². The summed E-state index contributed by atoms with van der Waals surface area (Å²) in [7, 11) is 0. The number of aliphatic carboxylic acids is 1. The minimum Gasteiger partial charge on any atom is -0.480 e. The number of rotatable bonds is 6. The number of thiophene rings is 1. The van der Waals surface area contributed by atoms with Crippen LogP contribution in [0.5, 0.6) is 0 Å². The highest BCUT2D eigenvalue weighted by atomic mass is 35.5. The van der Waals surface area contributed by atoms with Gasteiger partial charge in [-0.3, -0.25) is 10.1 Å². The fourth-order valence-corrected chi connectivity index (χ4v) is 3.04. The molecule has 102 valence electrons. The van der Waals surface area contributed by atoms with Crippen LogP contribution in [-0.4, -0.2) is 22.1 Å². The molecule has 0 saturated carbocycles. The van der Waals surface area contributed by atoms with Crippen molar-refractivity contribution in [2.24, 2.45) is 0 Å². The molecule has 0 bridgehead atoms. The average molecular weight is 321 g/mol. The van der Waals surface area contributed by atoms with Gasteiger partial charge in [0.25, 0.3) is 0 Å². The lowest BCUT2D eigenvalue weighted by Crippen LogP contribution is -2.37. The fourth-order valence-electron chi connectivity index (χ4n) is 1.53. The van der Waals surface area contributed by atoms with Crippen molar-refractivity contribution in [1.82, 2.24) is 10.3 Å². The first-order valence-electron chi connectivity index (χ1n) is 5.33. The highest BCUT2D eigenvalue weighted by molar-refractivity contribution is 7.20. The van der Waals surface area contributed by atoms with E-state index in [4.69, 9.17) is 27.6 Å². The molecule has 1 unspecified atom stereocenters. The van der Waals surface area contributed by atoms with Crippen molar-refractivity contribution in [2.75, 3.05) is 0 Å². The molecule has 8 heteroatoms. The second kappa shape index (κ2) is 6.38. The molecular formula is C11H10Cl2N2O3S. The zero-order valence-electron chi connectivity index (χ0n) is 9.60. The second-order valence-electron chi connectivity index (χ2n) is 3.79. The van der Waals surface area contributed by atoms with Gasteiger partial charge in [0, 0.05) is 6.42 Å². The first-order chi connectivity index (χ1) is 9.06. The van der Waals surface area contributed by atoms with Gasteiger partial charge in [0.2, 0.25) is 0 Å². The van der Waals surface area contributed by atoms with E-state index >= 15 is 0 Å². The Hall–Kier alpha value is -1.08. The van der Waals surface area contributed by atoms with Crippen molar-refractivity contribution in [1.29, 1.82) is 0 Å². The lowest BCUT2D eigenvalue weighted by atomic mass is 10.1. The molecule has 0 aromatic carbocycles. The molecular weight excluding hydrogens is 311 g/mol. The Morgan fingerprint density at radius 2 is 2.37 bits per heavy atom. The Balaban J connectivity index is 2.00. The molecule has 5 nitrogen and oxygen atoms in total. The standard InChI is InChI=1S/C11H10Cl2N2O3S/c12-9-2-6(10(13)19-9)1-8(11(16)17)15-4-7-3-14-5-18-7/h2-3,5,8,15H,1,4H2,(H,16,17). The molecule has 0 aliphatic rings. The summed E-state index contributed by atoms with van der Waals surface area (Å²) in [5.41, 5.74) is 0.717. The highest BCUT2D eigenvalue weighted by Crippen LogP contribution is 2.31. The summed E-state index contributed by atoms with van der Waals surface area (Å²) >= 11 is 13.0. The van der Waals surface area contributed by atoms with Crippen molar-refractivity contribution in [2.45, 2.75) is 19.0 Å². The monoisotopic (exact) mass is 320 g/mol. The third-order valence-corrected chi connectivity index (χ3v) is 4.02. The minimum atomic E-state index is -0.960. The number of nitrogens with zero attached hydrogens (tertiary/aromatic N) is 1. The Morgan fingerprint density at radius 1 is 1.58 bits per heavy atom. The van der Waals surface area contributed by atoms with E-state index in [1.807, 2.05) is 0 Å². The largest absolute Gasteiger partial charge is 0.480 e. The summed E-state index contributed by atoms with van der Waals surface area (Å²) < 4.78 is 6.08. The fraction of sp³-hybridized carbons (Fsp3) is 0.273. The van der Waals surface area contributed by atoms with Gasteiger partial charge in [-0.15, -0.1) is 11.3 Å². The summed E-state index contributed by atoms with van der Waals surface area (Å²) in [6.45, 7) is 0.284. The van der Waals surface area contributed by atoms with Crippen molar-refractivity contribution < 1.29 is 14.3 Å². The van der Waals surface area contributed by atoms with E-state index in [9.17, 15) is 9.90 Å². The molecule has 2 rings (SSSR count). The summed E-state index contributed by atoms with van der Waals surface area (Å²) in [5, 5.41) is 12.1. The van der Waals surface area contributed by atoms with Gasteiger partial charge in [0.05, 0.1) is 21.4 Å². The molecule has 2 heterocycles. The maximum atomic E-state index is 11.2. The Labute approximate surface area is 123 Å². The maximum Gasteiger partial charge on any atom is 0.321 e. The maximum absolute atomic E-state index is 11.2. The zero-order valence-corrected chi connectivity index (χ0v) is 11.9. The molecule has 2 aromatic heterocycles. The van der Waals surface area contributed by atoms with E-state index < -0.39 is 12.0 Å². The van der Waals surface area contributed by atoms with Crippen molar-refractivity contribution >= 4 is 40.5 Å². The van der Waals surface area contributed by atoms with Gasteiger partial charge in [-0.05, 0) is 11.6 Å². The summed E-state index contributed by atoms with van der Waals surface area (Å²) in [6.07, 6.45) is 3.08. The van der Waals surface area contributed by atoms with Crippen LogP contribution in [0.2, 0.25) is 8.67 Å². The first-order valence-corrected chi connectivity index (χ1v) is 6.90. The number of halogens is 2. The van der Waals surface area contributed by atoms with Crippen LogP contribution in [0.3, 0.4) is 0 Å². The molecule has 0 saturated heterocycles. The number of hydrogen-bond acceptors (Lipinski definition) is 5. The third kappa shape index (κ3) is 3.94. The number of oxazole rings is 1. The quantitative estimate of drug-likeness (QED) is 0.856. The van der Waals surface area contributed by atoms with Crippen LogP contribution in [0, 0.1) is 0 Å². The number of nitrogens with one attached hydrogen (secondary N) is 1. The molecule has 0 amide bonds. The van der Waals surface area contributed by atoms with Crippen LogP contribution in [0.4, 0.5) is 0 Å². The lowest BCUT2D eigenvalue weighted by Gasteiger charge is -2.12. The Morgan fingerprint density at radius 3 is 2.89 bits per heavy atom. The summed E-state index contributed by atoms with van der Waals surface area (Å²) in [5.74, 6) is -0.390. The van der Waals surface area contributed by atoms with Crippen LogP contribution in [0.1, 0.15) is 11.3 Å². The van der Waals surface area contributed by atoms with Gasteiger partial charge in [0.15, 0.2) is 6.39 Å². The third-order valence-electron chi connectivity index (χ3n) is 2.46. The van der Waals surface area contributed by atoms with E-state index in [1.165, 1.54) is 23.9 Å². The predicted octanol–water partition coefficient (Wildman–Crippen LogP) is 2.83. The zero-order chi connectivity index (χ0) is 13.8. The number of aromatic nitrogens is 1. The van der Waals surface area contributed by atoms with E-state index in [1.54, 1.807) is 6.07 Å². The second-order valence-corrected chi connectivity index (χ2v) is 6.08. The van der Waals surface area contributed by atoms with Crippen LogP contribution >= 0.6 is 34.5 Å². The van der Waals surface area contributed by atoms with Gasteiger partial charge >= 0.3 is 5.97 Å². The average Bonchev–Trinajstić information content (AvgIpc) is 2.94. The molecule has 2 N–H and O–H groups in total. The molecule has 0 fully saturated rings. The van der Waals surface area contributed by atoms with Crippen LogP contribution in [-0.2, 0) is 17.8 Å². The first kappa shape index (κ1) is 14.3. The molecule has 1 atom stereocenters. The number of carboxylic acid groups (broad SMARTS) is 1. The van der Waals surface area contributed by atoms with E-state index in [0.29, 0.717) is 20.0 Å². The van der Waals surface area contributed by atoms with Crippen molar-refractivity contribution in [3.63, 3.8) is 0 Å². The Bertz CT molecular complexity index is 556. The predicted molar refractivity (Wildman–Crippen MR) is 72.8 cm³/mol. The topological polar surface area (TPSA) is 75.4 Å². The SMILES string of the molecule is O=C(O)C(Cc1cc(Cl)sc1Cl)NCc1cnco1. The van der Waals surface area contributed by atoms with Gasteiger partial charge < -0.3 is 9.52 Å². The van der Waals surface area contributed by atoms with Crippen LogP contribution < -0.4 is 5.32 Å². The number of carbonyl (C=O) groups is 1. The Kier molecular flexibility index (Phi) is 4.81. The molecule has 2 aromatic rings. The number of carboxylic acids is 1.